The quantitative estimate of drug-likeness (QED) is 0.376. The Labute approximate surface area is 211 Å². The van der Waals surface area contributed by atoms with Gasteiger partial charge in [0, 0.05) is 31.9 Å². The van der Waals surface area contributed by atoms with Crippen LogP contribution in [-0.4, -0.2) is 43.4 Å². The molecule has 1 fully saturated rings. The zero-order valence-electron chi connectivity index (χ0n) is 19.2. The van der Waals surface area contributed by atoms with Gasteiger partial charge < -0.3 is 9.64 Å². The van der Waals surface area contributed by atoms with E-state index in [2.05, 4.69) is 34.2 Å². The molecule has 3 aromatic rings. The number of ether oxygens (including phenoxy) is 1. The minimum Gasteiger partial charge on any atom is -0.430 e. The van der Waals surface area contributed by atoms with E-state index < -0.39 is 6.09 Å². The predicted octanol–water partition coefficient (Wildman–Crippen LogP) is 7.16. The monoisotopic (exact) mass is 497 g/mol. The smallest absolute Gasteiger partial charge is 0.413 e. The van der Waals surface area contributed by atoms with Crippen molar-refractivity contribution in [2.75, 3.05) is 36.4 Å². The molecule has 5 nitrogen and oxygen atoms in total. The number of hydrogen-bond acceptors (Lipinski definition) is 4. The molecule has 0 bridgehead atoms. The number of piperazine rings is 1. The molecule has 1 amide bonds. The van der Waals surface area contributed by atoms with Gasteiger partial charge in [-0.3, -0.25) is 10.2 Å². The lowest BCUT2D eigenvalue weighted by Crippen LogP contribution is -2.52. The number of hydrogen-bond donors (Lipinski definition) is 1. The number of amides is 1. The van der Waals surface area contributed by atoms with E-state index in [4.69, 9.17) is 27.9 Å². The molecule has 7 heteroatoms. The van der Waals surface area contributed by atoms with Gasteiger partial charge in [-0.1, -0.05) is 85.1 Å². The first-order valence-electron chi connectivity index (χ1n) is 11.6. The van der Waals surface area contributed by atoms with Crippen LogP contribution in [0.5, 0.6) is 0 Å². The van der Waals surface area contributed by atoms with Crippen LogP contribution < -0.4 is 10.2 Å². The van der Waals surface area contributed by atoms with Gasteiger partial charge in [-0.2, -0.15) is 0 Å². The molecule has 1 N–H and O–H groups in total. The third-order valence-corrected chi connectivity index (χ3v) is 6.82. The molecular weight excluding hydrogens is 469 g/mol. The predicted molar refractivity (Wildman–Crippen MR) is 141 cm³/mol. The molecule has 1 heterocycles. The fourth-order valence-corrected chi connectivity index (χ4v) is 4.61. The Morgan fingerprint density at radius 1 is 0.912 bits per heavy atom. The third-order valence-electron chi connectivity index (χ3n) is 6.01. The molecule has 3 aromatic carbocycles. The summed E-state index contributed by atoms with van der Waals surface area (Å²) in [6, 6.07) is 23.6. The average molecular weight is 498 g/mol. The van der Waals surface area contributed by atoms with E-state index in [0.29, 0.717) is 15.7 Å². The lowest BCUT2D eigenvalue weighted by atomic mass is 10.1. The van der Waals surface area contributed by atoms with Crippen LogP contribution in [0, 0.1) is 0 Å². The molecule has 1 aliphatic rings. The number of rotatable bonds is 7. The van der Waals surface area contributed by atoms with Crippen LogP contribution in [0.2, 0.25) is 10.0 Å². The molecule has 34 heavy (non-hydrogen) atoms. The van der Waals surface area contributed by atoms with E-state index >= 15 is 0 Å². The fourth-order valence-electron chi connectivity index (χ4n) is 4.20. The Kier molecular flexibility index (Phi) is 8.33. The molecule has 1 aliphatic heterocycles. The van der Waals surface area contributed by atoms with Crippen LogP contribution in [0.3, 0.4) is 0 Å². The molecule has 0 radical (unpaired) electrons. The second-order valence-electron chi connectivity index (χ2n) is 8.31. The number of halogens is 2. The number of anilines is 2. The van der Waals surface area contributed by atoms with Gasteiger partial charge in [0.2, 0.25) is 0 Å². The Morgan fingerprint density at radius 3 is 2.26 bits per heavy atom. The van der Waals surface area contributed by atoms with E-state index in [9.17, 15) is 4.79 Å². The van der Waals surface area contributed by atoms with Gasteiger partial charge in [0.15, 0.2) is 6.23 Å². The number of carbonyl (C=O) groups excluding carboxylic acids is 1. The first-order chi connectivity index (χ1) is 16.5. The summed E-state index contributed by atoms with van der Waals surface area (Å²) in [7, 11) is 0. The number of nitrogens with zero attached hydrogens (tertiary/aromatic N) is 2. The molecule has 4 rings (SSSR count). The summed E-state index contributed by atoms with van der Waals surface area (Å²) in [5.74, 6) is 0. The van der Waals surface area contributed by atoms with E-state index in [1.807, 2.05) is 54.6 Å². The average Bonchev–Trinajstić information content (AvgIpc) is 2.87. The van der Waals surface area contributed by atoms with Crippen molar-refractivity contribution in [3.8, 4) is 11.1 Å². The molecule has 0 aromatic heterocycles. The van der Waals surface area contributed by atoms with Gasteiger partial charge >= 0.3 is 6.09 Å². The Hall–Kier alpha value is -2.73. The van der Waals surface area contributed by atoms with Crippen LogP contribution >= 0.6 is 23.2 Å². The van der Waals surface area contributed by atoms with E-state index in [1.165, 1.54) is 0 Å². The fraction of sp³-hybridized carbons (Fsp3) is 0.296. The van der Waals surface area contributed by atoms with Crippen molar-refractivity contribution < 1.29 is 9.53 Å². The van der Waals surface area contributed by atoms with Gasteiger partial charge in [-0.25, -0.2) is 4.79 Å². The van der Waals surface area contributed by atoms with Gasteiger partial charge in [0.25, 0.3) is 0 Å². The normalized spacial score (nSPS) is 15.1. The number of carbonyl (C=O) groups is 1. The van der Waals surface area contributed by atoms with Gasteiger partial charge in [-0.15, -0.1) is 0 Å². The second kappa shape index (κ2) is 11.6. The molecule has 0 aliphatic carbocycles. The zero-order chi connectivity index (χ0) is 23.9. The summed E-state index contributed by atoms with van der Waals surface area (Å²) >= 11 is 12.6. The Balaban J connectivity index is 1.33. The maximum Gasteiger partial charge on any atom is 0.413 e. The Bertz CT molecular complexity index is 1080. The van der Waals surface area contributed by atoms with Crippen molar-refractivity contribution in [1.82, 2.24) is 4.90 Å². The van der Waals surface area contributed by atoms with Crippen LogP contribution in [0.4, 0.5) is 16.2 Å². The number of benzene rings is 3. The van der Waals surface area contributed by atoms with Crippen molar-refractivity contribution in [2.45, 2.75) is 26.0 Å². The van der Waals surface area contributed by atoms with Gasteiger partial charge in [0.1, 0.15) is 0 Å². The summed E-state index contributed by atoms with van der Waals surface area (Å²) in [6.45, 7) is 5.20. The molecule has 1 saturated heterocycles. The van der Waals surface area contributed by atoms with Crippen molar-refractivity contribution in [3.63, 3.8) is 0 Å². The summed E-state index contributed by atoms with van der Waals surface area (Å²) < 4.78 is 5.84. The standard InChI is InChI=1S/C27H29Cl2N3O2/c1-2-7-25(32-18-16-31(17-19-32)24-11-6-10-23(28)26(24)29)34-27(33)30-22-14-12-21(13-15-22)20-8-4-3-5-9-20/h3-6,8-15,25H,2,7,16-19H2,1H3,(H,30,33). The van der Waals surface area contributed by atoms with Crippen LogP contribution in [0.1, 0.15) is 19.8 Å². The summed E-state index contributed by atoms with van der Waals surface area (Å²) in [6.07, 6.45) is 0.985. The summed E-state index contributed by atoms with van der Waals surface area (Å²) in [5.41, 5.74) is 3.89. The van der Waals surface area contributed by atoms with Crippen molar-refractivity contribution in [2.24, 2.45) is 0 Å². The van der Waals surface area contributed by atoms with Gasteiger partial charge in [0.05, 0.1) is 15.7 Å². The molecule has 0 saturated carbocycles. The minimum atomic E-state index is -0.439. The van der Waals surface area contributed by atoms with Crippen molar-refractivity contribution in [3.05, 3.63) is 82.8 Å². The molecule has 0 spiro atoms. The van der Waals surface area contributed by atoms with Gasteiger partial charge in [-0.05, 0) is 41.8 Å². The lowest BCUT2D eigenvalue weighted by Gasteiger charge is -2.39. The third kappa shape index (κ3) is 6.03. The maximum absolute atomic E-state index is 12.7. The molecular formula is C27H29Cl2N3O2. The highest BCUT2D eigenvalue weighted by Crippen LogP contribution is 2.33. The summed E-state index contributed by atoms with van der Waals surface area (Å²) in [5, 5.41) is 4.00. The van der Waals surface area contributed by atoms with E-state index in [0.717, 1.165) is 55.8 Å². The first kappa shape index (κ1) is 24.4. The Morgan fingerprint density at radius 2 is 1.59 bits per heavy atom. The summed E-state index contributed by atoms with van der Waals surface area (Å²) in [4.78, 5) is 17.1. The maximum atomic E-state index is 12.7. The highest BCUT2D eigenvalue weighted by atomic mass is 35.5. The lowest BCUT2D eigenvalue weighted by molar-refractivity contribution is -0.0159. The molecule has 1 atom stereocenters. The highest BCUT2D eigenvalue weighted by Gasteiger charge is 2.27. The minimum absolute atomic E-state index is 0.273. The molecule has 178 valence electrons. The first-order valence-corrected chi connectivity index (χ1v) is 12.4. The molecule has 1 unspecified atom stereocenters. The van der Waals surface area contributed by atoms with Crippen LogP contribution in [0.15, 0.2) is 72.8 Å². The van der Waals surface area contributed by atoms with E-state index in [1.54, 1.807) is 6.07 Å². The van der Waals surface area contributed by atoms with Crippen LogP contribution in [0.25, 0.3) is 11.1 Å². The zero-order valence-corrected chi connectivity index (χ0v) is 20.7. The largest absolute Gasteiger partial charge is 0.430 e. The van der Waals surface area contributed by atoms with Crippen molar-refractivity contribution >= 4 is 40.7 Å². The SMILES string of the molecule is CCCC(OC(=O)Nc1ccc(-c2ccccc2)cc1)N1CCN(c2cccc(Cl)c2Cl)CC1. The topological polar surface area (TPSA) is 44.8 Å². The van der Waals surface area contributed by atoms with E-state index in [-0.39, 0.29) is 6.23 Å². The van der Waals surface area contributed by atoms with Crippen LogP contribution in [-0.2, 0) is 4.74 Å². The highest BCUT2D eigenvalue weighted by molar-refractivity contribution is 6.43. The second-order valence-corrected chi connectivity index (χ2v) is 9.10. The van der Waals surface area contributed by atoms with Crippen molar-refractivity contribution in [1.29, 1.82) is 0 Å². The number of nitrogens with one attached hydrogen (secondary N) is 1.